The molecular weight excluding hydrogens is 1000 g/mol. The Labute approximate surface area is 382 Å². The summed E-state index contributed by atoms with van der Waals surface area (Å²) >= 11 is -1.05. The van der Waals surface area contributed by atoms with E-state index in [9.17, 15) is 19.2 Å². The standard InChI is InChI=1S/C26H34INO5.C22H26INO4/c1-15-10-16(2)23(17(3)11-15)27-19-14-22(32-8)21(31-7)13-18(19)12-20(24(29)33-9)28-25(30)26(4,5)6;1-13-9-14(2)21(15(3)10-13)23-18-11-17(7-8-20(18)27-5)12-19(22(26)28-6)24-16(4)25/h10-11,13-14,20H,12H2,1-9H3;7-11,19H,12H2,1-6H3/p+2/t20-;19-/m00/s1. The zero-order valence-corrected chi connectivity index (χ0v) is 42.5. The van der Waals surface area contributed by atoms with Crippen molar-refractivity contribution < 1.29 is 85.3 Å². The molecule has 0 heterocycles. The number of carbonyl (C=O) groups excluding carboxylic acids is 4. The molecule has 0 aliphatic carbocycles. The van der Waals surface area contributed by atoms with Crippen LogP contribution in [0.2, 0.25) is 0 Å². The molecular formula is C48H62I2N2O9+2. The summed E-state index contributed by atoms with van der Waals surface area (Å²) in [5.41, 5.74) is 8.87. The van der Waals surface area contributed by atoms with Crippen LogP contribution in [0, 0.1) is 61.2 Å². The lowest BCUT2D eigenvalue weighted by atomic mass is 9.94. The Morgan fingerprint density at radius 3 is 1.44 bits per heavy atom. The predicted octanol–water partition coefficient (Wildman–Crippen LogP) is 0.973. The van der Waals surface area contributed by atoms with Crippen molar-refractivity contribution in [3.05, 3.63) is 113 Å². The first-order valence-electron chi connectivity index (χ1n) is 19.8. The lowest BCUT2D eigenvalue weighted by Gasteiger charge is -2.23. The lowest BCUT2D eigenvalue weighted by Crippen LogP contribution is -3.62. The van der Waals surface area contributed by atoms with Crippen molar-refractivity contribution in [2.24, 2.45) is 5.41 Å². The Hall–Kier alpha value is -4.38. The van der Waals surface area contributed by atoms with Crippen molar-refractivity contribution in [2.75, 3.05) is 35.5 Å². The second kappa shape index (κ2) is 23.2. The third kappa shape index (κ3) is 14.6. The van der Waals surface area contributed by atoms with Crippen molar-refractivity contribution in [3.63, 3.8) is 0 Å². The summed E-state index contributed by atoms with van der Waals surface area (Å²) < 4.78 is 31.5. The van der Waals surface area contributed by atoms with Gasteiger partial charge < -0.3 is 34.3 Å². The fraction of sp³-hybridized carbons (Fsp3) is 0.417. The summed E-state index contributed by atoms with van der Waals surface area (Å²) in [6, 6.07) is 17.2. The van der Waals surface area contributed by atoms with E-state index in [-0.39, 0.29) is 11.8 Å². The highest BCUT2D eigenvalue weighted by atomic mass is 127. The van der Waals surface area contributed by atoms with Crippen LogP contribution in [-0.2, 0) is 41.5 Å². The molecule has 0 saturated heterocycles. The molecule has 4 aromatic carbocycles. The van der Waals surface area contributed by atoms with Gasteiger partial charge in [0.15, 0.2) is 24.4 Å². The van der Waals surface area contributed by atoms with Gasteiger partial charge in [0.05, 0.1) is 35.5 Å². The van der Waals surface area contributed by atoms with Crippen LogP contribution < -0.4 is 67.3 Å². The van der Waals surface area contributed by atoms with Gasteiger partial charge >= 0.3 is 54.3 Å². The maximum atomic E-state index is 12.6. The number of carbonyl (C=O) groups is 4. The molecule has 330 valence electrons. The van der Waals surface area contributed by atoms with Gasteiger partial charge in [-0.1, -0.05) is 62.2 Å². The average Bonchev–Trinajstić information content (AvgIpc) is 3.19. The van der Waals surface area contributed by atoms with E-state index in [1.807, 2.05) is 45.0 Å². The highest BCUT2D eigenvalue weighted by molar-refractivity contribution is 5.87. The van der Waals surface area contributed by atoms with E-state index < -0.39 is 71.8 Å². The molecule has 4 rings (SSSR count). The summed E-state index contributed by atoms with van der Waals surface area (Å²) in [6.07, 6.45) is 0.673. The number of aryl methyl sites for hydroxylation is 6. The molecule has 0 aliphatic rings. The van der Waals surface area contributed by atoms with Crippen LogP contribution in [0.25, 0.3) is 0 Å². The highest BCUT2D eigenvalue weighted by Crippen LogP contribution is 2.29. The molecule has 4 aromatic rings. The van der Waals surface area contributed by atoms with Gasteiger partial charge in [0.1, 0.15) is 12.1 Å². The lowest BCUT2D eigenvalue weighted by molar-refractivity contribution is -0.599. The highest BCUT2D eigenvalue weighted by Gasteiger charge is 2.33. The Kier molecular flexibility index (Phi) is 19.4. The number of esters is 2. The van der Waals surface area contributed by atoms with Crippen molar-refractivity contribution in [1.82, 2.24) is 10.6 Å². The van der Waals surface area contributed by atoms with Crippen LogP contribution in [0.5, 0.6) is 17.2 Å². The molecule has 0 bridgehead atoms. The van der Waals surface area contributed by atoms with E-state index in [1.54, 1.807) is 21.3 Å². The summed E-state index contributed by atoms with van der Waals surface area (Å²) in [7, 11) is 7.53. The Morgan fingerprint density at radius 1 is 0.574 bits per heavy atom. The minimum Gasteiger partial charge on any atom is -0.493 e. The number of nitrogens with one attached hydrogen (secondary N) is 2. The van der Waals surface area contributed by atoms with Gasteiger partial charge in [0.25, 0.3) is 0 Å². The molecule has 0 unspecified atom stereocenters. The smallest absolute Gasteiger partial charge is 0.362 e. The van der Waals surface area contributed by atoms with Crippen molar-refractivity contribution in [2.45, 2.75) is 94.2 Å². The zero-order valence-electron chi connectivity index (χ0n) is 38.2. The molecule has 0 aliphatic heterocycles. The van der Waals surface area contributed by atoms with Crippen molar-refractivity contribution >= 4 is 23.8 Å². The number of hydrogen-bond acceptors (Lipinski definition) is 9. The Morgan fingerprint density at radius 2 is 1.02 bits per heavy atom. The van der Waals surface area contributed by atoms with E-state index in [2.05, 4.69) is 82.5 Å². The first-order chi connectivity index (χ1) is 28.6. The molecule has 0 spiro atoms. The minimum atomic E-state index is -0.803. The van der Waals surface area contributed by atoms with Crippen LogP contribution in [0.3, 0.4) is 0 Å². The number of methoxy groups -OCH3 is 5. The van der Waals surface area contributed by atoms with Crippen LogP contribution in [0.4, 0.5) is 0 Å². The normalized spacial score (nSPS) is 11.9. The molecule has 2 amide bonds. The molecule has 0 radical (unpaired) electrons. The number of hydrogen-bond donors (Lipinski definition) is 2. The van der Waals surface area contributed by atoms with Crippen LogP contribution in [0.15, 0.2) is 54.6 Å². The van der Waals surface area contributed by atoms with Crippen LogP contribution >= 0.6 is 0 Å². The number of benzene rings is 4. The topological polar surface area (TPSA) is 138 Å². The summed E-state index contributed by atoms with van der Waals surface area (Å²) in [4.78, 5) is 48.7. The average molecular weight is 1060 g/mol. The third-order valence-corrected chi connectivity index (χ3v) is 17.0. The van der Waals surface area contributed by atoms with Crippen LogP contribution in [-0.4, -0.2) is 71.4 Å². The first-order valence-corrected chi connectivity index (χ1v) is 24.1. The van der Waals surface area contributed by atoms with Gasteiger partial charge in [0.2, 0.25) is 19.0 Å². The van der Waals surface area contributed by atoms with Gasteiger partial charge in [-0.05, 0) is 65.3 Å². The third-order valence-electron chi connectivity index (χ3n) is 9.52. The Bertz CT molecular complexity index is 2170. The molecule has 0 aromatic heterocycles. The SMILES string of the molecule is COC(=O)[C@H](Cc1cc(OC)c(OC)cc1[I+]c1c(C)cc(C)cc1C)NC(=O)C(C)(C)C.COC(=O)[C@H](Cc1ccc(OC)c([I+]c2c(C)cc(C)cc2C)c1)NC(C)=O. The van der Waals surface area contributed by atoms with Gasteiger partial charge in [0, 0.05) is 59.1 Å². The molecule has 61 heavy (non-hydrogen) atoms. The number of halogens is 2. The molecule has 0 fully saturated rings. The van der Waals surface area contributed by atoms with E-state index in [1.165, 1.54) is 61.7 Å². The first kappa shape index (κ1) is 51.0. The van der Waals surface area contributed by atoms with E-state index >= 15 is 0 Å². The van der Waals surface area contributed by atoms with E-state index in [0.717, 1.165) is 24.0 Å². The summed E-state index contributed by atoms with van der Waals surface area (Å²) in [6.45, 7) is 19.6. The number of ether oxygens (including phenoxy) is 5. The van der Waals surface area contributed by atoms with Gasteiger partial charge in [-0.2, -0.15) is 0 Å². The molecule has 13 heteroatoms. The monoisotopic (exact) mass is 1060 g/mol. The summed E-state index contributed by atoms with van der Waals surface area (Å²) in [5, 5.41) is 5.54. The van der Waals surface area contributed by atoms with Gasteiger partial charge in [-0.15, -0.1) is 0 Å². The number of rotatable bonds is 15. The van der Waals surface area contributed by atoms with E-state index in [4.69, 9.17) is 23.7 Å². The fourth-order valence-corrected chi connectivity index (χ4v) is 12.5. The predicted molar refractivity (Wildman–Crippen MR) is 229 cm³/mol. The van der Waals surface area contributed by atoms with E-state index in [0.29, 0.717) is 24.3 Å². The largest absolute Gasteiger partial charge is 0.493 e. The summed E-state index contributed by atoms with van der Waals surface area (Å²) in [5.74, 6) is 0.684. The second-order valence-electron chi connectivity index (χ2n) is 15.9. The molecule has 2 N–H and O–H groups in total. The van der Waals surface area contributed by atoms with Crippen molar-refractivity contribution in [1.29, 1.82) is 0 Å². The molecule has 2 atom stereocenters. The van der Waals surface area contributed by atoms with Gasteiger partial charge in [-0.25, -0.2) is 9.59 Å². The van der Waals surface area contributed by atoms with Crippen LogP contribution in [0.1, 0.15) is 72.2 Å². The second-order valence-corrected chi connectivity index (χ2v) is 21.4. The Balaban J connectivity index is 0.000000330. The molecule has 11 nitrogen and oxygen atoms in total. The maximum absolute atomic E-state index is 12.6. The zero-order chi connectivity index (χ0) is 45.8. The minimum absolute atomic E-state index is 0.208. The maximum Gasteiger partial charge on any atom is 0.362 e. The fourth-order valence-electron chi connectivity index (χ4n) is 6.62. The van der Waals surface area contributed by atoms with Crippen molar-refractivity contribution in [3.8, 4) is 17.2 Å². The number of amides is 2. The quantitative estimate of drug-likeness (QED) is 0.132. The van der Waals surface area contributed by atoms with Gasteiger partial charge in [-0.3, -0.25) is 9.59 Å². The molecule has 0 saturated carbocycles.